The smallest absolute Gasteiger partial charge is 0.0794 e. The Labute approximate surface area is 75.5 Å². The van der Waals surface area contributed by atoms with Crippen LogP contribution in [0.3, 0.4) is 0 Å². The van der Waals surface area contributed by atoms with E-state index in [4.69, 9.17) is 0 Å². The van der Waals surface area contributed by atoms with Crippen LogP contribution in [0.15, 0.2) is 10.9 Å². The second kappa shape index (κ2) is 3.51. The van der Waals surface area contributed by atoms with Crippen LogP contribution in [0, 0.1) is 5.92 Å². The molecule has 1 fully saturated rings. The van der Waals surface area contributed by atoms with Gasteiger partial charge >= 0.3 is 0 Å². The number of β-amino-alcohol motifs (C(OH)–C–C–N with tert-alkyl or cyclic N) is 1. The Balaban J connectivity index is 1.95. The minimum Gasteiger partial charge on any atom is -0.391 e. The highest BCUT2D eigenvalue weighted by atomic mass is 32.1. The molecule has 1 aliphatic rings. The van der Waals surface area contributed by atoms with Gasteiger partial charge in [-0.25, -0.2) is 4.98 Å². The minimum atomic E-state index is -0.188. The van der Waals surface area contributed by atoms with Crippen molar-refractivity contribution in [3.05, 3.63) is 16.6 Å². The zero-order chi connectivity index (χ0) is 8.39. The quantitative estimate of drug-likeness (QED) is 0.693. The monoisotopic (exact) mass is 184 g/mol. The van der Waals surface area contributed by atoms with Gasteiger partial charge in [-0.05, 0) is 6.42 Å². The second-order valence-electron chi connectivity index (χ2n) is 3.17. The molecular weight excluding hydrogens is 172 g/mol. The van der Waals surface area contributed by atoms with Gasteiger partial charge in [-0.3, -0.25) is 0 Å². The molecular formula is C8H12N2OS. The van der Waals surface area contributed by atoms with Crippen LogP contribution in [-0.4, -0.2) is 29.3 Å². The summed E-state index contributed by atoms with van der Waals surface area (Å²) in [5, 5.41) is 14.7. The van der Waals surface area contributed by atoms with Gasteiger partial charge in [-0.1, -0.05) is 0 Å². The van der Waals surface area contributed by atoms with Crippen LogP contribution in [0.25, 0.3) is 0 Å². The summed E-state index contributed by atoms with van der Waals surface area (Å²) < 4.78 is 0. The first-order valence-electron chi connectivity index (χ1n) is 4.12. The molecule has 1 aromatic rings. The van der Waals surface area contributed by atoms with E-state index in [0.29, 0.717) is 5.92 Å². The molecule has 0 spiro atoms. The third-order valence-corrected chi connectivity index (χ3v) is 2.89. The molecule has 66 valence electrons. The number of aromatic nitrogens is 1. The van der Waals surface area contributed by atoms with Gasteiger partial charge in [-0.2, -0.15) is 0 Å². The average molecular weight is 184 g/mol. The zero-order valence-corrected chi connectivity index (χ0v) is 7.55. The summed E-state index contributed by atoms with van der Waals surface area (Å²) in [6.07, 6.45) is 0.712. The normalized spacial score (nSPS) is 29.4. The summed E-state index contributed by atoms with van der Waals surface area (Å²) in [6, 6.07) is 0. The number of aliphatic hydroxyl groups is 1. The predicted molar refractivity (Wildman–Crippen MR) is 48.2 cm³/mol. The third kappa shape index (κ3) is 1.65. The molecule has 3 nitrogen and oxygen atoms in total. The Hall–Kier alpha value is -0.450. The van der Waals surface area contributed by atoms with Crippen molar-refractivity contribution in [2.75, 3.05) is 13.1 Å². The van der Waals surface area contributed by atoms with Crippen molar-refractivity contribution in [2.45, 2.75) is 12.5 Å². The van der Waals surface area contributed by atoms with Crippen molar-refractivity contribution >= 4 is 11.3 Å². The topological polar surface area (TPSA) is 45.1 Å². The molecule has 0 saturated carbocycles. The summed E-state index contributed by atoms with van der Waals surface area (Å²) in [7, 11) is 0. The van der Waals surface area contributed by atoms with Gasteiger partial charge in [0.25, 0.3) is 0 Å². The van der Waals surface area contributed by atoms with E-state index in [2.05, 4.69) is 10.3 Å². The molecule has 12 heavy (non-hydrogen) atoms. The maximum atomic E-state index is 9.50. The molecule has 2 heterocycles. The van der Waals surface area contributed by atoms with Crippen LogP contribution in [0.5, 0.6) is 0 Å². The number of thiazole rings is 1. The van der Waals surface area contributed by atoms with Crippen LogP contribution in [0.1, 0.15) is 5.69 Å². The summed E-state index contributed by atoms with van der Waals surface area (Å²) in [5.74, 6) is 0.354. The molecule has 1 saturated heterocycles. The first-order valence-corrected chi connectivity index (χ1v) is 5.06. The SMILES string of the molecule is OC1CNCC1Cc1cscn1. The lowest BCUT2D eigenvalue weighted by Gasteiger charge is -2.10. The van der Waals surface area contributed by atoms with E-state index >= 15 is 0 Å². The van der Waals surface area contributed by atoms with E-state index in [1.54, 1.807) is 11.3 Å². The first kappa shape index (κ1) is 8.16. The van der Waals surface area contributed by atoms with Crippen LogP contribution in [-0.2, 0) is 6.42 Å². The fraction of sp³-hybridized carbons (Fsp3) is 0.625. The van der Waals surface area contributed by atoms with Crippen molar-refractivity contribution in [3.63, 3.8) is 0 Å². The highest BCUT2D eigenvalue weighted by Gasteiger charge is 2.25. The van der Waals surface area contributed by atoms with Crippen molar-refractivity contribution in [3.8, 4) is 0 Å². The molecule has 0 aromatic carbocycles. The van der Waals surface area contributed by atoms with Crippen molar-refractivity contribution in [1.82, 2.24) is 10.3 Å². The van der Waals surface area contributed by atoms with E-state index < -0.39 is 0 Å². The third-order valence-electron chi connectivity index (χ3n) is 2.26. The molecule has 2 N–H and O–H groups in total. The standard InChI is InChI=1S/C8H12N2OS/c11-8-3-9-2-6(8)1-7-4-12-5-10-7/h4-6,8-9,11H,1-3H2. The summed E-state index contributed by atoms with van der Waals surface area (Å²) in [5.41, 5.74) is 2.94. The van der Waals surface area contributed by atoms with Gasteiger partial charge in [0.05, 0.1) is 17.3 Å². The van der Waals surface area contributed by atoms with Crippen molar-refractivity contribution in [1.29, 1.82) is 0 Å². The van der Waals surface area contributed by atoms with Gasteiger partial charge in [0.1, 0.15) is 0 Å². The molecule has 1 aliphatic heterocycles. The fourth-order valence-corrected chi connectivity index (χ4v) is 2.11. The molecule has 0 aliphatic carbocycles. The molecule has 2 atom stereocenters. The molecule has 0 bridgehead atoms. The lowest BCUT2D eigenvalue weighted by molar-refractivity contribution is 0.147. The van der Waals surface area contributed by atoms with E-state index in [9.17, 15) is 5.11 Å². The molecule has 1 aromatic heterocycles. The zero-order valence-electron chi connectivity index (χ0n) is 6.73. The van der Waals surface area contributed by atoms with E-state index in [1.165, 1.54) is 0 Å². The first-order chi connectivity index (χ1) is 5.86. The highest BCUT2D eigenvalue weighted by molar-refractivity contribution is 7.07. The summed E-state index contributed by atoms with van der Waals surface area (Å²) >= 11 is 1.61. The number of rotatable bonds is 2. The Morgan fingerprint density at radius 2 is 2.58 bits per heavy atom. The Morgan fingerprint density at radius 1 is 1.67 bits per heavy atom. The van der Waals surface area contributed by atoms with Crippen LogP contribution >= 0.6 is 11.3 Å². The van der Waals surface area contributed by atoms with E-state index in [0.717, 1.165) is 25.2 Å². The predicted octanol–water partition coefficient (Wildman–Crippen LogP) is 0.266. The van der Waals surface area contributed by atoms with Crippen molar-refractivity contribution in [2.24, 2.45) is 5.92 Å². The molecule has 2 unspecified atom stereocenters. The van der Waals surface area contributed by atoms with Gasteiger partial charge in [0.2, 0.25) is 0 Å². The summed E-state index contributed by atoms with van der Waals surface area (Å²) in [4.78, 5) is 4.19. The molecule has 2 rings (SSSR count). The summed E-state index contributed by atoms with van der Waals surface area (Å²) in [6.45, 7) is 1.65. The maximum absolute atomic E-state index is 9.50. The maximum Gasteiger partial charge on any atom is 0.0794 e. The number of nitrogens with zero attached hydrogens (tertiary/aromatic N) is 1. The van der Waals surface area contributed by atoms with Crippen LogP contribution in [0.4, 0.5) is 0 Å². The largest absolute Gasteiger partial charge is 0.391 e. The van der Waals surface area contributed by atoms with Crippen LogP contribution < -0.4 is 5.32 Å². The highest BCUT2D eigenvalue weighted by Crippen LogP contribution is 2.15. The number of nitrogens with one attached hydrogen (secondary N) is 1. The lowest BCUT2D eigenvalue weighted by Crippen LogP contribution is -2.19. The minimum absolute atomic E-state index is 0.188. The second-order valence-corrected chi connectivity index (χ2v) is 3.89. The van der Waals surface area contributed by atoms with Crippen molar-refractivity contribution < 1.29 is 5.11 Å². The van der Waals surface area contributed by atoms with Gasteiger partial charge < -0.3 is 10.4 Å². The molecule has 0 radical (unpaired) electrons. The van der Waals surface area contributed by atoms with Gasteiger partial charge in [0.15, 0.2) is 0 Å². The number of hydrogen-bond acceptors (Lipinski definition) is 4. The Kier molecular flexibility index (Phi) is 2.39. The molecule has 4 heteroatoms. The lowest BCUT2D eigenvalue weighted by atomic mass is 10.0. The van der Waals surface area contributed by atoms with E-state index in [1.807, 2.05) is 10.9 Å². The van der Waals surface area contributed by atoms with Gasteiger partial charge in [-0.15, -0.1) is 11.3 Å². The molecule has 0 amide bonds. The average Bonchev–Trinajstić information content (AvgIpc) is 2.65. The number of hydrogen-bond donors (Lipinski definition) is 2. The van der Waals surface area contributed by atoms with E-state index in [-0.39, 0.29) is 6.10 Å². The van der Waals surface area contributed by atoms with Gasteiger partial charge in [0, 0.05) is 24.4 Å². The fourth-order valence-electron chi connectivity index (χ4n) is 1.53. The number of aliphatic hydroxyl groups excluding tert-OH is 1. The van der Waals surface area contributed by atoms with Crippen LogP contribution in [0.2, 0.25) is 0 Å². The Bertz CT molecular complexity index is 237. The Morgan fingerprint density at radius 3 is 3.17 bits per heavy atom.